The minimum atomic E-state index is -0.129. The molecule has 0 aliphatic carbocycles. The molecule has 0 aliphatic heterocycles. The van der Waals surface area contributed by atoms with Gasteiger partial charge in [-0.2, -0.15) is 4.83 Å². The summed E-state index contributed by atoms with van der Waals surface area (Å²) in [6.45, 7) is 3.96. The highest BCUT2D eigenvalue weighted by Crippen LogP contribution is 2.12. The van der Waals surface area contributed by atoms with E-state index in [0.29, 0.717) is 5.56 Å². The third kappa shape index (κ3) is 4.12. The minimum Gasteiger partial charge on any atom is -0.277 e. The number of nitrogens with one attached hydrogen (secondary N) is 2. The normalized spacial score (nSPS) is 10.2. The van der Waals surface area contributed by atoms with Gasteiger partial charge in [-0.15, -0.1) is 0 Å². The van der Waals surface area contributed by atoms with Crippen molar-refractivity contribution in [1.29, 1.82) is 0 Å². The summed E-state index contributed by atoms with van der Waals surface area (Å²) < 4.78 is 0. The molecule has 2 aromatic rings. The largest absolute Gasteiger partial charge is 0.277 e. The first-order valence-corrected chi connectivity index (χ1v) is 6.82. The summed E-state index contributed by atoms with van der Waals surface area (Å²) in [4.78, 5) is 15.9. The van der Waals surface area contributed by atoms with Crippen molar-refractivity contribution < 1.29 is 4.79 Å². The predicted octanol–water partition coefficient (Wildman–Crippen LogP) is 3.25. The maximum absolute atomic E-state index is 12.0. The molecule has 0 atom stereocenters. The maximum Gasteiger partial charge on any atom is 0.266 e. The summed E-state index contributed by atoms with van der Waals surface area (Å²) in [7, 11) is 0. The van der Waals surface area contributed by atoms with Crippen LogP contribution in [0.2, 0.25) is 0 Å². The van der Waals surface area contributed by atoms with Gasteiger partial charge < -0.3 is 0 Å². The van der Waals surface area contributed by atoms with Gasteiger partial charge in [-0.05, 0) is 50.1 Å². The standard InChI is InChI=1S/C15H16N2OS/c1-11-8-12(2)10-13(9-11)15(18)16-17-19-14-6-4-3-5-7-14/h3-10,17H,1-2H3,(H,16,18). The molecule has 0 heterocycles. The summed E-state index contributed by atoms with van der Waals surface area (Å²) in [5.41, 5.74) is 5.51. The summed E-state index contributed by atoms with van der Waals surface area (Å²) in [6.07, 6.45) is 0. The van der Waals surface area contributed by atoms with Crippen LogP contribution in [0, 0.1) is 13.8 Å². The molecule has 2 aromatic carbocycles. The molecule has 0 spiro atoms. The Morgan fingerprint density at radius 2 is 1.63 bits per heavy atom. The van der Waals surface area contributed by atoms with Crippen molar-refractivity contribution in [2.75, 3.05) is 0 Å². The van der Waals surface area contributed by atoms with Crippen molar-refractivity contribution in [2.24, 2.45) is 0 Å². The molecule has 3 nitrogen and oxygen atoms in total. The van der Waals surface area contributed by atoms with Crippen molar-refractivity contribution in [3.8, 4) is 0 Å². The minimum absolute atomic E-state index is 0.129. The Balaban J connectivity index is 1.91. The second-order valence-corrected chi connectivity index (χ2v) is 5.23. The molecule has 0 aromatic heterocycles. The Bertz CT molecular complexity index is 549. The predicted molar refractivity (Wildman–Crippen MR) is 78.8 cm³/mol. The second kappa shape index (κ2) is 6.41. The van der Waals surface area contributed by atoms with Gasteiger partial charge in [-0.1, -0.05) is 35.4 Å². The smallest absolute Gasteiger partial charge is 0.266 e. The highest BCUT2D eigenvalue weighted by molar-refractivity contribution is 7.97. The molecule has 0 aliphatic rings. The fourth-order valence-corrected chi connectivity index (χ4v) is 2.35. The van der Waals surface area contributed by atoms with Gasteiger partial charge in [0.05, 0.1) is 0 Å². The monoisotopic (exact) mass is 272 g/mol. The van der Waals surface area contributed by atoms with Crippen molar-refractivity contribution in [1.82, 2.24) is 10.3 Å². The number of rotatable bonds is 4. The van der Waals surface area contributed by atoms with Gasteiger partial charge in [0.1, 0.15) is 0 Å². The molecule has 0 bridgehead atoms. The second-order valence-electron chi connectivity index (χ2n) is 4.35. The third-order valence-electron chi connectivity index (χ3n) is 2.56. The number of hydrogen-bond donors (Lipinski definition) is 2. The Morgan fingerprint density at radius 3 is 2.26 bits per heavy atom. The van der Waals surface area contributed by atoms with Crippen molar-refractivity contribution in [3.05, 3.63) is 65.2 Å². The molecular weight excluding hydrogens is 256 g/mol. The van der Waals surface area contributed by atoms with Gasteiger partial charge in [0.15, 0.2) is 0 Å². The summed E-state index contributed by atoms with van der Waals surface area (Å²) in [5.74, 6) is -0.129. The van der Waals surface area contributed by atoms with Crippen LogP contribution in [0.1, 0.15) is 21.5 Å². The first kappa shape index (κ1) is 13.6. The van der Waals surface area contributed by atoms with Gasteiger partial charge in [-0.25, -0.2) is 0 Å². The molecular formula is C15H16N2OS. The molecule has 98 valence electrons. The molecule has 2 N–H and O–H groups in total. The fourth-order valence-electron chi connectivity index (χ4n) is 1.80. The van der Waals surface area contributed by atoms with E-state index in [-0.39, 0.29) is 5.91 Å². The van der Waals surface area contributed by atoms with E-state index in [1.165, 1.54) is 11.9 Å². The maximum atomic E-state index is 12.0. The molecule has 0 radical (unpaired) electrons. The molecule has 0 saturated heterocycles. The zero-order valence-corrected chi connectivity index (χ0v) is 11.8. The molecule has 2 rings (SSSR count). The first-order valence-electron chi connectivity index (χ1n) is 6.01. The molecule has 19 heavy (non-hydrogen) atoms. The zero-order chi connectivity index (χ0) is 13.7. The van der Waals surface area contributed by atoms with Crippen LogP contribution in [-0.2, 0) is 0 Å². The molecule has 4 heteroatoms. The van der Waals surface area contributed by atoms with Crippen molar-refractivity contribution >= 4 is 17.9 Å². The lowest BCUT2D eigenvalue weighted by Crippen LogP contribution is -2.32. The van der Waals surface area contributed by atoms with Crippen LogP contribution in [-0.4, -0.2) is 5.91 Å². The topological polar surface area (TPSA) is 41.1 Å². The van der Waals surface area contributed by atoms with E-state index in [1.54, 1.807) is 0 Å². The highest BCUT2D eigenvalue weighted by atomic mass is 32.2. The fraction of sp³-hybridized carbons (Fsp3) is 0.133. The van der Waals surface area contributed by atoms with Crippen LogP contribution in [0.5, 0.6) is 0 Å². The van der Waals surface area contributed by atoms with Gasteiger partial charge in [0.2, 0.25) is 0 Å². The van der Waals surface area contributed by atoms with Crippen LogP contribution < -0.4 is 10.3 Å². The summed E-state index contributed by atoms with van der Waals surface area (Å²) >= 11 is 1.37. The Hall–Kier alpha value is -1.78. The lowest BCUT2D eigenvalue weighted by Gasteiger charge is -2.07. The average molecular weight is 272 g/mol. The highest BCUT2D eigenvalue weighted by Gasteiger charge is 2.05. The number of hydrogen-bond acceptors (Lipinski definition) is 3. The van der Waals surface area contributed by atoms with E-state index < -0.39 is 0 Å². The number of benzene rings is 2. The SMILES string of the molecule is Cc1cc(C)cc(C(=O)NNSc2ccccc2)c1. The Kier molecular flexibility index (Phi) is 4.60. The van der Waals surface area contributed by atoms with Gasteiger partial charge >= 0.3 is 0 Å². The number of aryl methyl sites for hydroxylation is 2. The summed E-state index contributed by atoms with van der Waals surface area (Å²) in [6, 6.07) is 15.6. The van der Waals surface area contributed by atoms with Crippen LogP contribution in [0.3, 0.4) is 0 Å². The van der Waals surface area contributed by atoms with Gasteiger partial charge in [-0.3, -0.25) is 10.2 Å². The van der Waals surface area contributed by atoms with E-state index in [0.717, 1.165) is 16.0 Å². The van der Waals surface area contributed by atoms with E-state index in [9.17, 15) is 4.79 Å². The quantitative estimate of drug-likeness (QED) is 0.663. The molecule has 0 saturated carbocycles. The van der Waals surface area contributed by atoms with E-state index in [1.807, 2.05) is 62.4 Å². The average Bonchev–Trinajstić information content (AvgIpc) is 2.38. The van der Waals surface area contributed by atoms with Crippen LogP contribution in [0.25, 0.3) is 0 Å². The van der Waals surface area contributed by atoms with E-state index in [4.69, 9.17) is 0 Å². The number of carbonyl (C=O) groups excluding carboxylic acids is 1. The number of hydrazine groups is 1. The first-order chi connectivity index (χ1) is 9.15. The molecule has 0 fully saturated rings. The van der Waals surface area contributed by atoms with E-state index >= 15 is 0 Å². The molecule has 0 unspecified atom stereocenters. The van der Waals surface area contributed by atoms with E-state index in [2.05, 4.69) is 10.3 Å². The van der Waals surface area contributed by atoms with Crippen molar-refractivity contribution in [3.63, 3.8) is 0 Å². The zero-order valence-electron chi connectivity index (χ0n) is 10.9. The van der Waals surface area contributed by atoms with Crippen molar-refractivity contribution in [2.45, 2.75) is 18.7 Å². The van der Waals surface area contributed by atoms with Gasteiger partial charge in [0.25, 0.3) is 5.91 Å². The Morgan fingerprint density at radius 1 is 1.00 bits per heavy atom. The number of carbonyl (C=O) groups is 1. The Labute approximate surface area is 117 Å². The molecule has 1 amide bonds. The van der Waals surface area contributed by atoms with Crippen LogP contribution in [0.4, 0.5) is 0 Å². The third-order valence-corrected chi connectivity index (χ3v) is 3.27. The lowest BCUT2D eigenvalue weighted by molar-refractivity contribution is 0.0947. The van der Waals surface area contributed by atoms with Crippen LogP contribution >= 0.6 is 11.9 Å². The lowest BCUT2D eigenvalue weighted by atomic mass is 10.1. The summed E-state index contributed by atoms with van der Waals surface area (Å²) in [5, 5.41) is 0. The van der Waals surface area contributed by atoms with Gasteiger partial charge in [0, 0.05) is 10.5 Å². The van der Waals surface area contributed by atoms with Crippen LogP contribution in [0.15, 0.2) is 53.4 Å². The number of amides is 1.